The van der Waals surface area contributed by atoms with Gasteiger partial charge in [-0.2, -0.15) is 0 Å². The quantitative estimate of drug-likeness (QED) is 0.816. The van der Waals surface area contributed by atoms with Gasteiger partial charge in [0.15, 0.2) is 0 Å². The third-order valence-electron chi connectivity index (χ3n) is 4.58. The van der Waals surface area contributed by atoms with E-state index in [-0.39, 0.29) is 5.56 Å². The van der Waals surface area contributed by atoms with Gasteiger partial charge in [0.05, 0.1) is 5.56 Å². The Labute approximate surface area is 126 Å². The monoisotopic (exact) mass is 290 g/mol. The summed E-state index contributed by atoms with van der Waals surface area (Å²) < 4.78 is 0. The summed E-state index contributed by atoms with van der Waals surface area (Å²) in [7, 11) is 0. The highest BCUT2D eigenvalue weighted by Gasteiger charge is 2.27. The lowest BCUT2D eigenvalue weighted by atomic mass is 9.77. The molecule has 0 aromatic heterocycles. The molecular formula is C17H26N2O2. The Morgan fingerprint density at radius 2 is 2.00 bits per heavy atom. The zero-order chi connectivity index (χ0) is 15.6. The molecule has 1 aliphatic heterocycles. The van der Waals surface area contributed by atoms with Crippen LogP contribution in [0.3, 0.4) is 0 Å². The summed E-state index contributed by atoms with van der Waals surface area (Å²) in [5.74, 6) is -0.235. The van der Waals surface area contributed by atoms with E-state index in [2.05, 4.69) is 25.7 Å². The average molecular weight is 290 g/mol. The highest BCUT2D eigenvalue weighted by atomic mass is 16.4. The summed E-state index contributed by atoms with van der Waals surface area (Å²) in [6.45, 7) is 8.96. The van der Waals surface area contributed by atoms with E-state index < -0.39 is 5.97 Å². The van der Waals surface area contributed by atoms with Crippen LogP contribution in [-0.2, 0) is 0 Å². The molecule has 21 heavy (non-hydrogen) atoms. The Kier molecular flexibility index (Phi) is 4.45. The van der Waals surface area contributed by atoms with Crippen LogP contribution < -0.4 is 10.6 Å². The smallest absolute Gasteiger partial charge is 0.337 e. The van der Waals surface area contributed by atoms with Gasteiger partial charge in [-0.05, 0) is 48.8 Å². The number of nitrogens with two attached hydrogens (primary N) is 1. The molecule has 1 aliphatic rings. The highest BCUT2D eigenvalue weighted by Crippen LogP contribution is 2.35. The maximum absolute atomic E-state index is 11.0. The number of carboxylic acid groups (broad SMARTS) is 1. The molecule has 116 valence electrons. The zero-order valence-corrected chi connectivity index (χ0v) is 13.2. The minimum atomic E-state index is -0.970. The Morgan fingerprint density at radius 1 is 1.29 bits per heavy atom. The normalized spacial score (nSPS) is 20.1. The van der Waals surface area contributed by atoms with Gasteiger partial charge in [0.25, 0.3) is 0 Å². The number of hydrogen-bond acceptors (Lipinski definition) is 3. The lowest BCUT2D eigenvalue weighted by Gasteiger charge is -2.30. The predicted octanol–water partition coefficient (Wildman–Crippen LogP) is 3.62. The van der Waals surface area contributed by atoms with Crippen molar-refractivity contribution in [3.05, 3.63) is 23.8 Å². The molecule has 0 aliphatic carbocycles. The molecule has 0 spiro atoms. The molecule has 2 rings (SSSR count). The van der Waals surface area contributed by atoms with E-state index >= 15 is 0 Å². The second-order valence-electron chi connectivity index (χ2n) is 7.06. The lowest BCUT2D eigenvalue weighted by molar-refractivity contribution is 0.0698. The van der Waals surface area contributed by atoms with Gasteiger partial charge in [-0.3, -0.25) is 0 Å². The third kappa shape index (κ3) is 3.69. The number of benzene rings is 1. The molecule has 0 saturated carbocycles. The van der Waals surface area contributed by atoms with Gasteiger partial charge in [-0.15, -0.1) is 0 Å². The van der Waals surface area contributed by atoms with Crippen molar-refractivity contribution in [2.45, 2.75) is 40.0 Å². The van der Waals surface area contributed by atoms with Crippen molar-refractivity contribution >= 4 is 17.3 Å². The van der Waals surface area contributed by atoms with E-state index in [1.165, 1.54) is 19.3 Å². The van der Waals surface area contributed by atoms with Crippen LogP contribution in [0, 0.1) is 11.3 Å². The number of hydrogen-bond donors (Lipinski definition) is 2. The van der Waals surface area contributed by atoms with Crippen LogP contribution in [-0.4, -0.2) is 24.2 Å². The van der Waals surface area contributed by atoms with E-state index in [1.807, 2.05) is 6.07 Å². The minimum Gasteiger partial charge on any atom is -0.478 e. The first kappa shape index (κ1) is 15.7. The average Bonchev–Trinajstić information content (AvgIpc) is 2.63. The van der Waals surface area contributed by atoms with E-state index in [0.29, 0.717) is 11.1 Å². The van der Waals surface area contributed by atoms with Crippen molar-refractivity contribution in [3.63, 3.8) is 0 Å². The molecule has 1 fully saturated rings. The van der Waals surface area contributed by atoms with Gasteiger partial charge < -0.3 is 15.7 Å². The Hall–Kier alpha value is -1.71. The molecule has 4 nitrogen and oxygen atoms in total. The molecule has 0 radical (unpaired) electrons. The van der Waals surface area contributed by atoms with Crippen molar-refractivity contribution in [3.8, 4) is 0 Å². The second-order valence-corrected chi connectivity index (χ2v) is 7.06. The molecule has 3 N–H and O–H groups in total. The van der Waals surface area contributed by atoms with Crippen LogP contribution in [0.5, 0.6) is 0 Å². The van der Waals surface area contributed by atoms with Crippen LogP contribution in [0.25, 0.3) is 0 Å². The lowest BCUT2D eigenvalue weighted by Crippen LogP contribution is -2.26. The predicted molar refractivity (Wildman–Crippen MR) is 86.8 cm³/mol. The summed E-state index contributed by atoms with van der Waals surface area (Å²) in [5, 5.41) is 9.04. The van der Waals surface area contributed by atoms with Crippen molar-refractivity contribution in [2.75, 3.05) is 23.7 Å². The summed E-state index contributed by atoms with van der Waals surface area (Å²) >= 11 is 0. The molecule has 1 saturated heterocycles. The SMILES string of the molecule is CC(C)(C)C1CCCN(c2ccc(C(=O)O)c(N)c2)CC1. The fraction of sp³-hybridized carbons (Fsp3) is 0.588. The number of rotatable bonds is 2. The Bertz CT molecular complexity index is 520. The number of carboxylic acids is 1. The molecule has 0 bridgehead atoms. The van der Waals surface area contributed by atoms with Crippen LogP contribution in [0.1, 0.15) is 50.4 Å². The summed E-state index contributed by atoms with van der Waals surface area (Å²) in [4.78, 5) is 13.4. The zero-order valence-electron chi connectivity index (χ0n) is 13.2. The highest BCUT2D eigenvalue weighted by molar-refractivity contribution is 5.94. The first-order chi connectivity index (χ1) is 9.79. The fourth-order valence-corrected chi connectivity index (χ4v) is 3.16. The number of nitrogens with zero attached hydrogens (tertiary/aromatic N) is 1. The van der Waals surface area contributed by atoms with Crippen molar-refractivity contribution < 1.29 is 9.90 Å². The van der Waals surface area contributed by atoms with Gasteiger partial charge in [-0.1, -0.05) is 20.8 Å². The van der Waals surface area contributed by atoms with E-state index in [1.54, 1.807) is 12.1 Å². The van der Waals surface area contributed by atoms with E-state index in [4.69, 9.17) is 10.8 Å². The number of nitrogen functional groups attached to an aromatic ring is 1. The topological polar surface area (TPSA) is 66.6 Å². The number of anilines is 2. The van der Waals surface area contributed by atoms with Gasteiger partial charge in [0, 0.05) is 24.5 Å². The van der Waals surface area contributed by atoms with Crippen LogP contribution in [0.15, 0.2) is 18.2 Å². The second kappa shape index (κ2) is 5.96. The molecule has 1 atom stereocenters. The largest absolute Gasteiger partial charge is 0.478 e. The number of carbonyl (C=O) groups is 1. The van der Waals surface area contributed by atoms with Crippen LogP contribution in [0.4, 0.5) is 11.4 Å². The van der Waals surface area contributed by atoms with Crippen molar-refractivity contribution in [1.29, 1.82) is 0 Å². The molecular weight excluding hydrogens is 264 g/mol. The molecule has 1 heterocycles. The van der Waals surface area contributed by atoms with Crippen LogP contribution in [0.2, 0.25) is 0 Å². The van der Waals surface area contributed by atoms with E-state index in [9.17, 15) is 4.79 Å². The molecule has 1 aromatic rings. The third-order valence-corrected chi connectivity index (χ3v) is 4.58. The molecule has 1 unspecified atom stereocenters. The standard InChI is InChI=1S/C17H26N2O2/c1-17(2,3)12-5-4-9-19(10-8-12)13-6-7-14(16(20)21)15(18)11-13/h6-7,11-12H,4-5,8-10,18H2,1-3H3,(H,20,21). The maximum Gasteiger partial charge on any atom is 0.337 e. The van der Waals surface area contributed by atoms with Gasteiger partial charge in [0.1, 0.15) is 0 Å². The Balaban J connectivity index is 2.13. The summed E-state index contributed by atoms with van der Waals surface area (Å²) in [6, 6.07) is 5.28. The molecule has 0 amide bonds. The summed E-state index contributed by atoms with van der Waals surface area (Å²) in [6.07, 6.45) is 3.59. The van der Waals surface area contributed by atoms with Crippen molar-refractivity contribution in [2.24, 2.45) is 11.3 Å². The van der Waals surface area contributed by atoms with Crippen molar-refractivity contribution in [1.82, 2.24) is 0 Å². The number of aromatic carboxylic acids is 1. The Morgan fingerprint density at radius 3 is 2.57 bits per heavy atom. The van der Waals surface area contributed by atoms with Crippen LogP contribution >= 0.6 is 0 Å². The fourth-order valence-electron chi connectivity index (χ4n) is 3.16. The van der Waals surface area contributed by atoms with Gasteiger partial charge >= 0.3 is 5.97 Å². The molecule has 4 heteroatoms. The van der Waals surface area contributed by atoms with E-state index in [0.717, 1.165) is 24.7 Å². The van der Waals surface area contributed by atoms with Gasteiger partial charge in [-0.25, -0.2) is 4.79 Å². The summed E-state index contributed by atoms with van der Waals surface area (Å²) in [5.41, 5.74) is 7.77. The first-order valence-corrected chi connectivity index (χ1v) is 7.67. The molecule has 1 aromatic carbocycles. The first-order valence-electron chi connectivity index (χ1n) is 7.67. The van der Waals surface area contributed by atoms with Gasteiger partial charge in [0.2, 0.25) is 0 Å². The maximum atomic E-state index is 11.0. The minimum absolute atomic E-state index is 0.182.